The molecule has 0 aliphatic carbocycles. The number of aromatic nitrogens is 3. The molecule has 0 unspecified atom stereocenters. The number of ether oxygens (including phenoxy) is 1. The molecule has 1 amide bonds. The van der Waals surface area contributed by atoms with Crippen LogP contribution in [-0.4, -0.2) is 64.9 Å². The molecule has 1 fully saturated rings. The van der Waals surface area contributed by atoms with Crippen LogP contribution in [-0.2, 0) is 4.74 Å². The lowest BCUT2D eigenvalue weighted by molar-refractivity contribution is 0.0204. The van der Waals surface area contributed by atoms with Crippen molar-refractivity contribution >= 4 is 5.91 Å². The number of pyridine rings is 1. The van der Waals surface area contributed by atoms with Gasteiger partial charge < -0.3 is 10.1 Å². The van der Waals surface area contributed by atoms with Crippen molar-refractivity contribution in [3.8, 4) is 11.4 Å². The maximum absolute atomic E-state index is 12.2. The zero-order valence-corrected chi connectivity index (χ0v) is 13.2. The lowest BCUT2D eigenvalue weighted by Crippen LogP contribution is -2.47. The average Bonchev–Trinajstić information content (AvgIpc) is 3.11. The summed E-state index contributed by atoms with van der Waals surface area (Å²) >= 11 is 0. The predicted octanol–water partition coefficient (Wildman–Crippen LogP) is 0.922. The second-order valence-electron chi connectivity index (χ2n) is 5.59. The van der Waals surface area contributed by atoms with E-state index in [1.54, 1.807) is 12.3 Å². The van der Waals surface area contributed by atoms with E-state index in [1.165, 1.54) is 0 Å². The molecule has 1 aliphatic rings. The summed E-state index contributed by atoms with van der Waals surface area (Å²) in [6.07, 6.45) is 1.70. The van der Waals surface area contributed by atoms with Gasteiger partial charge in [-0.15, -0.1) is 0 Å². The molecule has 7 heteroatoms. The van der Waals surface area contributed by atoms with Gasteiger partial charge in [0.1, 0.15) is 11.4 Å². The van der Waals surface area contributed by atoms with Crippen molar-refractivity contribution in [2.75, 3.05) is 32.8 Å². The maximum atomic E-state index is 12.2. The van der Waals surface area contributed by atoms with Gasteiger partial charge in [0, 0.05) is 31.9 Å². The van der Waals surface area contributed by atoms with Crippen LogP contribution < -0.4 is 5.32 Å². The van der Waals surface area contributed by atoms with Crippen molar-refractivity contribution in [1.29, 1.82) is 0 Å². The largest absolute Gasteiger partial charge is 0.379 e. The summed E-state index contributed by atoms with van der Waals surface area (Å²) in [5.41, 5.74) is 1.85. The zero-order chi connectivity index (χ0) is 16.1. The SMILES string of the molecule is C[C@H](CNC(=O)c1cc(-c2ccccn2)n[nH]1)N1CCOCC1. The van der Waals surface area contributed by atoms with Crippen molar-refractivity contribution < 1.29 is 9.53 Å². The quantitative estimate of drug-likeness (QED) is 0.857. The third-order valence-electron chi connectivity index (χ3n) is 3.98. The van der Waals surface area contributed by atoms with E-state index in [9.17, 15) is 4.79 Å². The summed E-state index contributed by atoms with van der Waals surface area (Å²) in [5.74, 6) is -0.153. The summed E-state index contributed by atoms with van der Waals surface area (Å²) in [6.45, 7) is 6.03. The number of hydrogen-bond donors (Lipinski definition) is 2. The highest BCUT2D eigenvalue weighted by Gasteiger charge is 2.18. The summed E-state index contributed by atoms with van der Waals surface area (Å²) in [4.78, 5) is 18.8. The molecular weight excluding hydrogens is 294 g/mol. The van der Waals surface area contributed by atoms with Gasteiger partial charge >= 0.3 is 0 Å². The first kappa shape index (κ1) is 15.6. The van der Waals surface area contributed by atoms with Crippen LogP contribution in [0.4, 0.5) is 0 Å². The van der Waals surface area contributed by atoms with Gasteiger partial charge in [-0.25, -0.2) is 0 Å². The molecule has 122 valence electrons. The fourth-order valence-corrected chi connectivity index (χ4v) is 2.57. The van der Waals surface area contributed by atoms with Crippen LogP contribution >= 0.6 is 0 Å². The molecule has 0 aromatic carbocycles. The number of nitrogens with one attached hydrogen (secondary N) is 2. The van der Waals surface area contributed by atoms with Crippen LogP contribution in [0.3, 0.4) is 0 Å². The minimum atomic E-state index is -0.153. The van der Waals surface area contributed by atoms with Crippen molar-refractivity contribution in [1.82, 2.24) is 25.4 Å². The number of H-pyrrole nitrogens is 1. The van der Waals surface area contributed by atoms with Crippen molar-refractivity contribution in [2.45, 2.75) is 13.0 Å². The zero-order valence-electron chi connectivity index (χ0n) is 13.2. The second-order valence-corrected chi connectivity index (χ2v) is 5.59. The van der Waals surface area contributed by atoms with Gasteiger partial charge in [0.15, 0.2) is 0 Å². The molecule has 0 saturated carbocycles. The molecule has 2 aromatic heterocycles. The topological polar surface area (TPSA) is 83.1 Å². The van der Waals surface area contributed by atoms with E-state index in [4.69, 9.17) is 4.74 Å². The van der Waals surface area contributed by atoms with Crippen LogP contribution in [0.5, 0.6) is 0 Å². The number of aromatic amines is 1. The summed E-state index contributed by atoms with van der Waals surface area (Å²) in [7, 11) is 0. The first-order valence-electron chi connectivity index (χ1n) is 7.81. The third kappa shape index (κ3) is 3.94. The molecule has 2 N–H and O–H groups in total. The van der Waals surface area contributed by atoms with Crippen LogP contribution in [0.2, 0.25) is 0 Å². The standard InChI is InChI=1S/C16H21N5O2/c1-12(21-6-8-23-9-7-21)11-18-16(22)15-10-14(19-20-15)13-4-2-3-5-17-13/h2-5,10,12H,6-9,11H2,1H3,(H,18,22)(H,19,20)/t12-/m1/s1. The van der Waals surface area contributed by atoms with E-state index in [2.05, 4.69) is 32.3 Å². The molecule has 3 rings (SSSR count). The lowest BCUT2D eigenvalue weighted by Gasteiger charge is -2.32. The Morgan fingerprint density at radius 1 is 1.39 bits per heavy atom. The molecule has 1 saturated heterocycles. The predicted molar refractivity (Wildman–Crippen MR) is 86.0 cm³/mol. The summed E-state index contributed by atoms with van der Waals surface area (Å²) in [6, 6.07) is 7.59. The van der Waals surface area contributed by atoms with E-state index >= 15 is 0 Å². The first-order chi connectivity index (χ1) is 11.2. The Morgan fingerprint density at radius 2 is 2.22 bits per heavy atom. The van der Waals surface area contributed by atoms with Gasteiger partial charge in [0.05, 0.1) is 18.9 Å². The van der Waals surface area contributed by atoms with E-state index in [-0.39, 0.29) is 11.9 Å². The molecule has 7 nitrogen and oxygen atoms in total. The minimum absolute atomic E-state index is 0.153. The number of rotatable bonds is 5. The molecule has 0 radical (unpaired) electrons. The Morgan fingerprint density at radius 3 is 2.96 bits per heavy atom. The molecule has 0 spiro atoms. The van der Waals surface area contributed by atoms with E-state index in [0.29, 0.717) is 17.9 Å². The second kappa shape index (κ2) is 7.34. The Kier molecular flexibility index (Phi) is 4.99. The Bertz CT molecular complexity index is 637. The average molecular weight is 315 g/mol. The fraction of sp³-hybridized carbons (Fsp3) is 0.438. The van der Waals surface area contributed by atoms with Gasteiger partial charge in [-0.05, 0) is 25.1 Å². The molecule has 2 aromatic rings. The number of morpholine rings is 1. The lowest BCUT2D eigenvalue weighted by atomic mass is 10.2. The molecule has 3 heterocycles. The molecule has 1 aliphatic heterocycles. The number of carbonyl (C=O) groups excluding carboxylic acids is 1. The highest BCUT2D eigenvalue weighted by molar-refractivity contribution is 5.93. The first-order valence-corrected chi connectivity index (χ1v) is 7.81. The summed E-state index contributed by atoms with van der Waals surface area (Å²) < 4.78 is 5.34. The fourth-order valence-electron chi connectivity index (χ4n) is 2.57. The van der Waals surface area contributed by atoms with Crippen LogP contribution in [0.25, 0.3) is 11.4 Å². The number of hydrogen-bond acceptors (Lipinski definition) is 5. The Hall–Kier alpha value is -2.25. The smallest absolute Gasteiger partial charge is 0.269 e. The molecule has 1 atom stereocenters. The van der Waals surface area contributed by atoms with Crippen molar-refractivity contribution in [2.24, 2.45) is 0 Å². The van der Waals surface area contributed by atoms with Gasteiger partial charge in [0.25, 0.3) is 5.91 Å². The van der Waals surface area contributed by atoms with Crippen molar-refractivity contribution in [3.63, 3.8) is 0 Å². The maximum Gasteiger partial charge on any atom is 0.269 e. The Labute approximate surface area is 135 Å². The van der Waals surface area contributed by atoms with Gasteiger partial charge in [-0.1, -0.05) is 6.07 Å². The van der Waals surface area contributed by atoms with Crippen LogP contribution in [0.15, 0.2) is 30.5 Å². The van der Waals surface area contributed by atoms with Crippen LogP contribution in [0, 0.1) is 0 Å². The highest BCUT2D eigenvalue weighted by atomic mass is 16.5. The van der Waals surface area contributed by atoms with Gasteiger partial charge in [-0.3, -0.25) is 19.8 Å². The highest BCUT2D eigenvalue weighted by Crippen LogP contribution is 2.14. The van der Waals surface area contributed by atoms with E-state index in [0.717, 1.165) is 32.0 Å². The number of carbonyl (C=O) groups is 1. The Balaban J connectivity index is 1.55. The normalized spacial score (nSPS) is 16.9. The molecular formula is C16H21N5O2. The summed E-state index contributed by atoms with van der Waals surface area (Å²) in [5, 5.41) is 9.87. The van der Waals surface area contributed by atoms with Crippen molar-refractivity contribution in [3.05, 3.63) is 36.2 Å². The number of amides is 1. The third-order valence-corrected chi connectivity index (χ3v) is 3.98. The minimum Gasteiger partial charge on any atom is -0.379 e. The molecule has 0 bridgehead atoms. The van der Waals surface area contributed by atoms with Crippen LogP contribution in [0.1, 0.15) is 17.4 Å². The monoisotopic (exact) mass is 315 g/mol. The van der Waals surface area contributed by atoms with E-state index in [1.807, 2.05) is 18.2 Å². The van der Waals surface area contributed by atoms with Gasteiger partial charge in [0.2, 0.25) is 0 Å². The van der Waals surface area contributed by atoms with Gasteiger partial charge in [-0.2, -0.15) is 5.10 Å². The molecule has 23 heavy (non-hydrogen) atoms. The van der Waals surface area contributed by atoms with E-state index < -0.39 is 0 Å². The number of nitrogens with zero attached hydrogens (tertiary/aromatic N) is 3.